The van der Waals surface area contributed by atoms with Crippen molar-refractivity contribution in [1.82, 2.24) is 4.98 Å². The molecule has 0 bridgehead atoms. The molecule has 0 saturated heterocycles. The van der Waals surface area contributed by atoms with E-state index < -0.39 is 0 Å². The van der Waals surface area contributed by atoms with Gasteiger partial charge in [-0.15, -0.1) is 0 Å². The summed E-state index contributed by atoms with van der Waals surface area (Å²) in [6.07, 6.45) is 0. The number of hydrogen-bond donors (Lipinski definition) is 2. The van der Waals surface area contributed by atoms with Crippen molar-refractivity contribution in [2.75, 3.05) is 5.32 Å². The van der Waals surface area contributed by atoms with Crippen LogP contribution in [0, 0.1) is 13.8 Å². The van der Waals surface area contributed by atoms with Crippen LogP contribution in [0.4, 0.5) is 11.5 Å². The zero-order valence-electron chi connectivity index (χ0n) is 10.7. The summed E-state index contributed by atoms with van der Waals surface area (Å²) in [5.41, 5.74) is 9.48. The number of aryl methyl sites for hydroxylation is 2. The maximum absolute atomic E-state index is 5.72. The van der Waals surface area contributed by atoms with Gasteiger partial charge in [0.25, 0.3) is 0 Å². The molecule has 1 aromatic carbocycles. The third-order valence-corrected chi connectivity index (χ3v) is 3.83. The van der Waals surface area contributed by atoms with Crippen LogP contribution in [0.15, 0.2) is 34.8 Å². The van der Waals surface area contributed by atoms with E-state index >= 15 is 0 Å². The highest BCUT2D eigenvalue weighted by Gasteiger charge is 2.08. The number of hydrogen-bond acceptors (Lipinski definition) is 3. The Morgan fingerprint density at radius 3 is 2.63 bits per heavy atom. The van der Waals surface area contributed by atoms with Gasteiger partial charge in [0.1, 0.15) is 10.8 Å². The molecule has 0 aliphatic heterocycles. The first-order chi connectivity index (χ1) is 8.97. The predicted octanol–water partition coefficient (Wildman–Crippen LogP) is 3.84. The van der Waals surface area contributed by atoms with E-state index in [2.05, 4.69) is 26.2 Å². The molecular formula is C14H14BrN3S. The molecule has 2 aromatic rings. The molecule has 19 heavy (non-hydrogen) atoms. The van der Waals surface area contributed by atoms with Crippen molar-refractivity contribution in [3.05, 3.63) is 51.6 Å². The number of aromatic nitrogens is 1. The van der Waals surface area contributed by atoms with Gasteiger partial charge >= 0.3 is 0 Å². The molecule has 0 aliphatic carbocycles. The molecule has 5 heteroatoms. The standard InChI is InChI=1S/C14H14BrN3S/c1-8-7-10(4-6-12(8)15)18-14-11(13(16)19)5-3-9(2)17-14/h3-7H,1-2H3,(H2,16,19)(H,17,18). The molecule has 1 heterocycles. The minimum Gasteiger partial charge on any atom is -0.389 e. The molecule has 0 amide bonds. The largest absolute Gasteiger partial charge is 0.389 e. The molecule has 98 valence electrons. The van der Waals surface area contributed by atoms with Crippen LogP contribution in [-0.4, -0.2) is 9.97 Å². The molecule has 2 rings (SSSR count). The molecule has 3 N–H and O–H groups in total. The van der Waals surface area contributed by atoms with Crippen molar-refractivity contribution >= 4 is 44.6 Å². The molecule has 0 radical (unpaired) electrons. The van der Waals surface area contributed by atoms with Crippen molar-refractivity contribution < 1.29 is 0 Å². The van der Waals surface area contributed by atoms with Gasteiger partial charge in [-0.2, -0.15) is 0 Å². The first kappa shape index (κ1) is 14.0. The number of nitrogens with zero attached hydrogens (tertiary/aromatic N) is 1. The van der Waals surface area contributed by atoms with E-state index in [4.69, 9.17) is 18.0 Å². The van der Waals surface area contributed by atoms with Gasteiger partial charge in [0.15, 0.2) is 0 Å². The molecular weight excluding hydrogens is 322 g/mol. The van der Waals surface area contributed by atoms with Crippen LogP contribution in [-0.2, 0) is 0 Å². The van der Waals surface area contributed by atoms with Crippen LogP contribution in [0.1, 0.15) is 16.8 Å². The topological polar surface area (TPSA) is 50.9 Å². The Balaban J connectivity index is 2.39. The van der Waals surface area contributed by atoms with E-state index in [1.165, 1.54) is 0 Å². The van der Waals surface area contributed by atoms with Crippen molar-refractivity contribution in [3.63, 3.8) is 0 Å². The molecule has 0 saturated carbocycles. The Hall–Kier alpha value is -1.46. The maximum Gasteiger partial charge on any atom is 0.140 e. The highest BCUT2D eigenvalue weighted by Crippen LogP contribution is 2.24. The van der Waals surface area contributed by atoms with Gasteiger partial charge in [-0.1, -0.05) is 28.1 Å². The SMILES string of the molecule is Cc1ccc(C(N)=S)c(Nc2ccc(Br)c(C)c2)n1. The van der Waals surface area contributed by atoms with Gasteiger partial charge in [-0.3, -0.25) is 0 Å². The van der Waals surface area contributed by atoms with E-state index in [-0.39, 0.29) is 0 Å². The van der Waals surface area contributed by atoms with Crippen LogP contribution in [0.25, 0.3) is 0 Å². The third-order valence-electron chi connectivity index (χ3n) is 2.72. The van der Waals surface area contributed by atoms with Crippen LogP contribution in [0.5, 0.6) is 0 Å². The van der Waals surface area contributed by atoms with Gasteiger partial charge in [-0.05, 0) is 49.7 Å². The van der Waals surface area contributed by atoms with E-state index in [0.717, 1.165) is 27.0 Å². The lowest BCUT2D eigenvalue weighted by atomic mass is 10.2. The van der Waals surface area contributed by atoms with Gasteiger partial charge in [0, 0.05) is 15.9 Å². The number of nitrogens with one attached hydrogen (secondary N) is 1. The average Bonchev–Trinajstić information content (AvgIpc) is 2.33. The second-order valence-electron chi connectivity index (χ2n) is 4.30. The van der Waals surface area contributed by atoms with Crippen molar-refractivity contribution in [2.45, 2.75) is 13.8 Å². The summed E-state index contributed by atoms with van der Waals surface area (Å²) in [5.74, 6) is 0.689. The van der Waals surface area contributed by atoms with E-state index in [1.807, 2.05) is 44.2 Å². The maximum atomic E-state index is 5.72. The number of thiocarbonyl (C=S) groups is 1. The summed E-state index contributed by atoms with van der Waals surface area (Å²) in [7, 11) is 0. The fourth-order valence-electron chi connectivity index (χ4n) is 1.71. The molecule has 0 atom stereocenters. The first-order valence-electron chi connectivity index (χ1n) is 5.78. The lowest BCUT2D eigenvalue weighted by molar-refractivity contribution is 1.19. The minimum absolute atomic E-state index is 0.337. The first-order valence-corrected chi connectivity index (χ1v) is 6.98. The highest BCUT2D eigenvalue weighted by atomic mass is 79.9. The van der Waals surface area contributed by atoms with Crippen molar-refractivity contribution in [2.24, 2.45) is 5.73 Å². The Labute approximate surface area is 126 Å². The Morgan fingerprint density at radius 2 is 2.00 bits per heavy atom. The van der Waals surface area contributed by atoms with Crippen molar-refractivity contribution in [1.29, 1.82) is 0 Å². The zero-order chi connectivity index (χ0) is 14.0. The second-order valence-corrected chi connectivity index (χ2v) is 5.60. The normalized spacial score (nSPS) is 10.3. The predicted molar refractivity (Wildman–Crippen MR) is 87.0 cm³/mol. The van der Waals surface area contributed by atoms with Crippen LogP contribution in [0.2, 0.25) is 0 Å². The summed E-state index contributed by atoms with van der Waals surface area (Å²) in [6, 6.07) is 9.79. The fourth-order valence-corrected chi connectivity index (χ4v) is 2.12. The summed E-state index contributed by atoms with van der Waals surface area (Å²) >= 11 is 8.53. The third kappa shape index (κ3) is 3.30. The molecule has 1 aromatic heterocycles. The highest BCUT2D eigenvalue weighted by molar-refractivity contribution is 9.10. The minimum atomic E-state index is 0.337. The smallest absolute Gasteiger partial charge is 0.140 e. The van der Waals surface area contributed by atoms with Gasteiger partial charge in [0.2, 0.25) is 0 Å². The quantitative estimate of drug-likeness (QED) is 0.836. The summed E-state index contributed by atoms with van der Waals surface area (Å²) in [4.78, 5) is 4.79. The monoisotopic (exact) mass is 335 g/mol. The fraction of sp³-hybridized carbons (Fsp3) is 0.143. The van der Waals surface area contributed by atoms with Gasteiger partial charge in [0.05, 0.1) is 5.56 Å². The van der Waals surface area contributed by atoms with E-state index in [1.54, 1.807) is 0 Å². The van der Waals surface area contributed by atoms with E-state index in [9.17, 15) is 0 Å². The molecule has 0 fully saturated rings. The molecule has 0 spiro atoms. The van der Waals surface area contributed by atoms with Gasteiger partial charge in [-0.25, -0.2) is 4.98 Å². The van der Waals surface area contributed by atoms with Crippen LogP contribution < -0.4 is 11.1 Å². The number of pyridine rings is 1. The second kappa shape index (κ2) is 5.67. The number of rotatable bonds is 3. The average molecular weight is 336 g/mol. The number of halogens is 1. The number of benzene rings is 1. The Kier molecular flexibility index (Phi) is 4.17. The summed E-state index contributed by atoms with van der Waals surface area (Å²) in [5, 5.41) is 3.26. The lowest BCUT2D eigenvalue weighted by Gasteiger charge is -2.12. The molecule has 3 nitrogen and oxygen atoms in total. The van der Waals surface area contributed by atoms with Crippen molar-refractivity contribution in [3.8, 4) is 0 Å². The number of nitrogens with two attached hydrogens (primary N) is 1. The van der Waals surface area contributed by atoms with Crippen LogP contribution in [0.3, 0.4) is 0 Å². The van der Waals surface area contributed by atoms with Gasteiger partial charge < -0.3 is 11.1 Å². The summed E-state index contributed by atoms with van der Waals surface area (Å²) in [6.45, 7) is 3.97. The Bertz CT molecular complexity index is 641. The molecule has 0 aliphatic rings. The molecule has 0 unspecified atom stereocenters. The lowest BCUT2D eigenvalue weighted by Crippen LogP contribution is -2.13. The van der Waals surface area contributed by atoms with Crippen LogP contribution >= 0.6 is 28.1 Å². The summed E-state index contributed by atoms with van der Waals surface area (Å²) < 4.78 is 1.07. The zero-order valence-corrected chi connectivity index (χ0v) is 13.1. The Morgan fingerprint density at radius 1 is 1.26 bits per heavy atom. The van der Waals surface area contributed by atoms with E-state index in [0.29, 0.717) is 10.8 Å². The number of anilines is 2.